The van der Waals surface area contributed by atoms with Crippen molar-refractivity contribution in [2.75, 3.05) is 23.7 Å². The molecule has 0 unspecified atom stereocenters. The maximum Gasteiger partial charge on any atom is 0.245 e. The zero-order valence-corrected chi connectivity index (χ0v) is 15.9. The summed E-state index contributed by atoms with van der Waals surface area (Å²) in [5.41, 5.74) is -0.0852. The van der Waals surface area contributed by atoms with Crippen LogP contribution in [0.2, 0.25) is 0 Å². The highest BCUT2D eigenvalue weighted by Gasteiger charge is 2.41. The van der Waals surface area contributed by atoms with Crippen LogP contribution in [0.25, 0.3) is 0 Å². The molecule has 140 valence electrons. The van der Waals surface area contributed by atoms with Gasteiger partial charge in [-0.3, -0.25) is 14.4 Å². The molecule has 6 nitrogen and oxygen atoms in total. The molecule has 2 N–H and O–H groups in total. The molecule has 0 radical (unpaired) electrons. The van der Waals surface area contributed by atoms with E-state index < -0.39 is 5.54 Å². The summed E-state index contributed by atoms with van der Waals surface area (Å²) in [5, 5.41) is 5.82. The lowest BCUT2D eigenvalue weighted by atomic mass is 9.80. The number of hydrogen-bond acceptors (Lipinski definition) is 4. The Hall–Kier alpha value is -2.02. The quantitative estimate of drug-likeness (QED) is 0.826. The van der Waals surface area contributed by atoms with Gasteiger partial charge in [-0.1, -0.05) is 31.4 Å². The van der Waals surface area contributed by atoms with Crippen molar-refractivity contribution in [3.05, 3.63) is 24.3 Å². The van der Waals surface area contributed by atoms with Crippen molar-refractivity contribution in [1.82, 2.24) is 10.6 Å². The number of thioether (sulfide) groups is 1. The first-order valence-electron chi connectivity index (χ1n) is 9.17. The van der Waals surface area contributed by atoms with Crippen molar-refractivity contribution in [3.8, 4) is 0 Å². The smallest absolute Gasteiger partial charge is 0.245 e. The van der Waals surface area contributed by atoms with Gasteiger partial charge >= 0.3 is 0 Å². The van der Waals surface area contributed by atoms with Crippen molar-refractivity contribution >= 4 is 35.2 Å². The summed E-state index contributed by atoms with van der Waals surface area (Å²) in [6.07, 6.45) is 4.20. The van der Waals surface area contributed by atoms with Crippen molar-refractivity contribution in [3.63, 3.8) is 0 Å². The van der Waals surface area contributed by atoms with E-state index in [0.29, 0.717) is 25.1 Å². The molecule has 0 bridgehead atoms. The number of hydrogen-bond donors (Lipinski definition) is 2. The number of para-hydroxylation sites is 1. The van der Waals surface area contributed by atoms with Crippen LogP contribution in [-0.4, -0.2) is 42.1 Å². The van der Waals surface area contributed by atoms with Gasteiger partial charge in [0.25, 0.3) is 0 Å². The van der Waals surface area contributed by atoms with Crippen molar-refractivity contribution < 1.29 is 14.4 Å². The number of anilines is 1. The number of amides is 3. The lowest BCUT2D eigenvalue weighted by Gasteiger charge is -2.37. The number of carbonyl (C=O) groups excluding carboxylic acids is 3. The number of nitrogens with one attached hydrogen (secondary N) is 2. The van der Waals surface area contributed by atoms with E-state index in [1.54, 1.807) is 0 Å². The third-order valence-electron chi connectivity index (χ3n) is 4.97. The first-order chi connectivity index (χ1) is 12.6. The second-order valence-electron chi connectivity index (χ2n) is 6.79. The lowest BCUT2D eigenvalue weighted by molar-refractivity contribution is -0.134. The normalized spacial score (nSPS) is 18.8. The van der Waals surface area contributed by atoms with Gasteiger partial charge < -0.3 is 15.5 Å². The molecular weight excluding hydrogens is 350 g/mol. The number of fused-ring (bicyclic) bond motifs is 1. The van der Waals surface area contributed by atoms with Crippen LogP contribution in [0.5, 0.6) is 0 Å². The van der Waals surface area contributed by atoms with Crippen LogP contribution in [0.1, 0.15) is 39.0 Å². The summed E-state index contributed by atoms with van der Waals surface area (Å²) in [4.78, 5) is 40.2. The predicted molar refractivity (Wildman–Crippen MR) is 102 cm³/mol. The molecular formula is C19H25N3O3S. The van der Waals surface area contributed by atoms with Gasteiger partial charge in [0.15, 0.2) is 0 Å². The van der Waals surface area contributed by atoms with Crippen LogP contribution in [-0.2, 0) is 14.4 Å². The van der Waals surface area contributed by atoms with Crippen molar-refractivity contribution in [1.29, 1.82) is 0 Å². The van der Waals surface area contributed by atoms with E-state index in [-0.39, 0.29) is 24.3 Å². The van der Waals surface area contributed by atoms with Gasteiger partial charge in [-0.25, -0.2) is 0 Å². The number of benzene rings is 1. The molecule has 1 aliphatic carbocycles. The monoisotopic (exact) mass is 375 g/mol. The number of carbonyl (C=O) groups is 3. The van der Waals surface area contributed by atoms with Crippen LogP contribution >= 0.6 is 11.8 Å². The summed E-state index contributed by atoms with van der Waals surface area (Å²) in [7, 11) is 0. The minimum Gasteiger partial charge on any atom is -0.354 e. The van der Waals surface area contributed by atoms with Crippen LogP contribution in [0.3, 0.4) is 0 Å². The van der Waals surface area contributed by atoms with E-state index >= 15 is 0 Å². The average Bonchev–Trinajstić information content (AvgIpc) is 2.65. The summed E-state index contributed by atoms with van der Waals surface area (Å²) in [5.74, 6) is -0.159. The van der Waals surface area contributed by atoms with Crippen LogP contribution < -0.4 is 15.5 Å². The topological polar surface area (TPSA) is 78.5 Å². The molecule has 0 atom stereocenters. The number of nitrogens with zero attached hydrogens (tertiary/aromatic N) is 1. The summed E-state index contributed by atoms with van der Waals surface area (Å²) < 4.78 is 0. The van der Waals surface area contributed by atoms with E-state index in [2.05, 4.69) is 10.6 Å². The molecule has 0 spiro atoms. The summed E-state index contributed by atoms with van der Waals surface area (Å²) in [6.45, 7) is 2.35. The summed E-state index contributed by atoms with van der Waals surface area (Å²) in [6, 6.07) is 7.59. The van der Waals surface area contributed by atoms with E-state index in [9.17, 15) is 14.4 Å². The zero-order chi connectivity index (χ0) is 18.6. The second-order valence-corrected chi connectivity index (χ2v) is 7.80. The Morgan fingerprint density at radius 1 is 1.19 bits per heavy atom. The van der Waals surface area contributed by atoms with Crippen LogP contribution in [0, 0.1) is 0 Å². The fourth-order valence-electron chi connectivity index (χ4n) is 3.67. The van der Waals surface area contributed by atoms with Gasteiger partial charge in [0.05, 0.1) is 11.4 Å². The fraction of sp³-hybridized carbons (Fsp3) is 0.526. The molecule has 2 aliphatic rings. The maximum absolute atomic E-state index is 12.8. The lowest BCUT2D eigenvalue weighted by Crippen LogP contribution is -2.61. The Bertz CT molecular complexity index is 701. The number of rotatable bonds is 5. The van der Waals surface area contributed by atoms with Crippen molar-refractivity contribution in [2.24, 2.45) is 0 Å². The average molecular weight is 375 g/mol. The highest BCUT2D eigenvalue weighted by molar-refractivity contribution is 8.00. The third kappa shape index (κ3) is 3.87. The first-order valence-corrected chi connectivity index (χ1v) is 10.2. The molecule has 26 heavy (non-hydrogen) atoms. The van der Waals surface area contributed by atoms with E-state index in [4.69, 9.17) is 0 Å². The fourth-order valence-corrected chi connectivity index (χ4v) is 4.61. The highest BCUT2D eigenvalue weighted by Crippen LogP contribution is 2.35. The standard InChI is InChI=1S/C19H25N3O3S/c1-2-20-18(25)19(10-6-3-7-11-19)21-16(23)12-22-14-8-4-5-9-15(14)26-13-17(22)24/h4-5,8-9H,2-3,6-7,10-13H2,1H3,(H,20,25)(H,21,23). The molecule has 1 heterocycles. The number of likely N-dealkylation sites (N-methyl/N-ethyl adjacent to an activating group) is 1. The maximum atomic E-state index is 12.8. The van der Waals surface area contributed by atoms with Gasteiger partial charge in [-0.05, 0) is 31.9 Å². The Morgan fingerprint density at radius 2 is 1.92 bits per heavy atom. The molecule has 0 aromatic heterocycles. The Balaban J connectivity index is 1.74. The Morgan fingerprint density at radius 3 is 2.65 bits per heavy atom. The molecule has 1 aromatic carbocycles. The SMILES string of the molecule is CCNC(=O)C1(NC(=O)CN2C(=O)CSc3ccccc32)CCCCC1. The minimum atomic E-state index is -0.849. The molecule has 1 fully saturated rings. The van der Waals surface area contributed by atoms with E-state index in [1.807, 2.05) is 31.2 Å². The molecule has 1 saturated carbocycles. The highest BCUT2D eigenvalue weighted by atomic mass is 32.2. The van der Waals surface area contributed by atoms with Gasteiger partial charge in [-0.15, -0.1) is 11.8 Å². The van der Waals surface area contributed by atoms with Crippen LogP contribution in [0.15, 0.2) is 29.2 Å². The largest absolute Gasteiger partial charge is 0.354 e. The molecule has 3 rings (SSSR count). The van der Waals surface area contributed by atoms with Crippen molar-refractivity contribution in [2.45, 2.75) is 49.5 Å². The molecule has 7 heteroatoms. The van der Waals surface area contributed by atoms with E-state index in [1.165, 1.54) is 16.7 Å². The van der Waals surface area contributed by atoms with Gasteiger partial charge in [-0.2, -0.15) is 0 Å². The van der Waals surface area contributed by atoms with Gasteiger partial charge in [0, 0.05) is 11.4 Å². The molecule has 1 aromatic rings. The Kier molecular flexibility index (Phi) is 5.86. The van der Waals surface area contributed by atoms with Crippen LogP contribution in [0.4, 0.5) is 5.69 Å². The second kappa shape index (κ2) is 8.12. The predicted octanol–water partition coefficient (Wildman–Crippen LogP) is 2.08. The zero-order valence-electron chi connectivity index (χ0n) is 15.0. The van der Waals surface area contributed by atoms with Gasteiger partial charge in [0.2, 0.25) is 17.7 Å². The third-order valence-corrected chi connectivity index (χ3v) is 6.02. The molecule has 3 amide bonds. The molecule has 1 aliphatic heterocycles. The van der Waals surface area contributed by atoms with Gasteiger partial charge in [0.1, 0.15) is 12.1 Å². The summed E-state index contributed by atoms with van der Waals surface area (Å²) >= 11 is 1.49. The van der Waals surface area contributed by atoms with E-state index in [0.717, 1.165) is 29.8 Å². The Labute approximate surface area is 158 Å². The minimum absolute atomic E-state index is 0.0580. The first kappa shape index (κ1) is 18.8. The molecule has 0 saturated heterocycles.